The van der Waals surface area contributed by atoms with Crippen LogP contribution >= 0.6 is 0 Å². The zero-order valence-electron chi connectivity index (χ0n) is 19.1. The molecule has 0 N–H and O–H groups in total. The molecule has 2 atom stereocenters. The van der Waals surface area contributed by atoms with Crippen molar-refractivity contribution < 1.29 is 18.3 Å². The van der Waals surface area contributed by atoms with Crippen LogP contribution in [0.4, 0.5) is 8.78 Å². The molecule has 0 aliphatic carbocycles. The average Bonchev–Trinajstić information content (AvgIpc) is 3.45. The first kappa shape index (κ1) is 22.5. The van der Waals surface area contributed by atoms with Crippen LogP contribution in [0.1, 0.15) is 53.2 Å². The second-order valence-corrected chi connectivity index (χ2v) is 9.07. The molecule has 0 radical (unpaired) electrons. The van der Waals surface area contributed by atoms with Crippen LogP contribution in [-0.4, -0.2) is 44.1 Å². The molecular weight excluding hydrogens is 442 g/mol. The SMILES string of the molecule is Cc1cn(-c2ccc3n(c2=O)CCN(C[C@@H]2CC[C@H](c4ccc(C(C)(F)F)cc4)O2)C3=O)cn1. The Morgan fingerprint density at radius 2 is 1.85 bits per heavy atom. The van der Waals surface area contributed by atoms with Gasteiger partial charge in [-0.2, -0.15) is 0 Å². The number of alkyl halides is 2. The van der Waals surface area contributed by atoms with E-state index in [4.69, 9.17) is 4.74 Å². The van der Waals surface area contributed by atoms with Crippen molar-refractivity contribution in [2.75, 3.05) is 13.1 Å². The second kappa shape index (κ2) is 8.47. The number of rotatable bonds is 5. The van der Waals surface area contributed by atoms with E-state index in [0.29, 0.717) is 31.0 Å². The molecule has 0 unspecified atom stereocenters. The molecule has 7 nitrogen and oxygen atoms in total. The topological polar surface area (TPSA) is 69.4 Å². The smallest absolute Gasteiger partial charge is 0.275 e. The molecule has 2 aromatic heterocycles. The van der Waals surface area contributed by atoms with E-state index in [1.165, 1.54) is 16.7 Å². The fraction of sp³-hybridized carbons (Fsp3) is 0.400. The summed E-state index contributed by atoms with van der Waals surface area (Å²) in [4.78, 5) is 32.0. The summed E-state index contributed by atoms with van der Waals surface area (Å²) < 4.78 is 36.3. The standard InChI is InChI=1S/C25H26F2N4O3/c1-16-13-30(15-28-16)20-8-9-21-23(32)29(11-12-31(21)24(20)33)14-19-7-10-22(34-19)17-3-5-18(6-4-17)25(2,26)27/h3-6,8-9,13,15,19,22H,7,10-12,14H2,1-2H3/t19-,22+/m0/s1. The average molecular weight is 469 g/mol. The number of halogens is 2. The van der Waals surface area contributed by atoms with Crippen LogP contribution in [0.2, 0.25) is 0 Å². The van der Waals surface area contributed by atoms with E-state index in [0.717, 1.165) is 31.0 Å². The number of hydrogen-bond acceptors (Lipinski definition) is 4. The number of fused-ring (bicyclic) bond motifs is 1. The van der Waals surface area contributed by atoms with E-state index in [1.54, 1.807) is 46.3 Å². The van der Waals surface area contributed by atoms with E-state index < -0.39 is 5.92 Å². The summed E-state index contributed by atoms with van der Waals surface area (Å²) in [6, 6.07) is 9.59. The van der Waals surface area contributed by atoms with Crippen molar-refractivity contribution >= 4 is 5.91 Å². The molecule has 1 aromatic carbocycles. The van der Waals surface area contributed by atoms with Gasteiger partial charge < -0.3 is 18.8 Å². The number of pyridine rings is 1. The van der Waals surface area contributed by atoms with Gasteiger partial charge in [0.2, 0.25) is 0 Å². The monoisotopic (exact) mass is 468 g/mol. The Morgan fingerprint density at radius 3 is 2.53 bits per heavy atom. The van der Waals surface area contributed by atoms with Gasteiger partial charge in [0.05, 0.1) is 24.2 Å². The number of imidazole rings is 1. The van der Waals surface area contributed by atoms with Gasteiger partial charge in [0.15, 0.2) is 0 Å². The molecule has 2 aliphatic rings. The van der Waals surface area contributed by atoms with Gasteiger partial charge >= 0.3 is 0 Å². The summed E-state index contributed by atoms with van der Waals surface area (Å²) in [6.07, 6.45) is 4.57. The van der Waals surface area contributed by atoms with Gasteiger partial charge in [0, 0.05) is 38.3 Å². The lowest BCUT2D eigenvalue weighted by molar-refractivity contribution is 0.0155. The maximum Gasteiger partial charge on any atom is 0.275 e. The Bertz CT molecular complexity index is 1280. The number of aryl methyl sites for hydroxylation is 1. The number of nitrogens with zero attached hydrogens (tertiary/aromatic N) is 4. The molecule has 4 heterocycles. The molecule has 5 rings (SSSR count). The molecule has 178 valence electrons. The molecule has 3 aromatic rings. The highest BCUT2D eigenvalue weighted by molar-refractivity contribution is 5.93. The molecule has 1 saturated heterocycles. The van der Waals surface area contributed by atoms with E-state index in [9.17, 15) is 18.4 Å². The first-order valence-electron chi connectivity index (χ1n) is 11.4. The van der Waals surface area contributed by atoms with Crippen LogP contribution < -0.4 is 5.56 Å². The predicted molar refractivity (Wildman–Crippen MR) is 121 cm³/mol. The number of ether oxygens (including phenoxy) is 1. The van der Waals surface area contributed by atoms with Crippen molar-refractivity contribution in [3.8, 4) is 5.69 Å². The molecule has 1 fully saturated rings. The van der Waals surface area contributed by atoms with E-state index in [2.05, 4.69) is 4.98 Å². The minimum absolute atomic E-state index is 0.0232. The lowest BCUT2D eigenvalue weighted by Crippen LogP contribution is -2.47. The van der Waals surface area contributed by atoms with Crippen LogP contribution in [0.5, 0.6) is 0 Å². The van der Waals surface area contributed by atoms with Gasteiger partial charge in [0.25, 0.3) is 17.4 Å². The van der Waals surface area contributed by atoms with Crippen molar-refractivity contribution in [1.82, 2.24) is 19.0 Å². The lowest BCUT2D eigenvalue weighted by atomic mass is 10.0. The first-order valence-corrected chi connectivity index (χ1v) is 11.4. The summed E-state index contributed by atoms with van der Waals surface area (Å²) in [5.74, 6) is -3.07. The maximum atomic E-state index is 13.5. The minimum Gasteiger partial charge on any atom is -0.368 e. The molecule has 1 amide bonds. The third kappa shape index (κ3) is 4.16. The van der Waals surface area contributed by atoms with Gasteiger partial charge in [-0.25, -0.2) is 13.8 Å². The Kier molecular flexibility index (Phi) is 5.59. The highest BCUT2D eigenvalue weighted by Crippen LogP contribution is 2.35. The quantitative estimate of drug-likeness (QED) is 0.571. The summed E-state index contributed by atoms with van der Waals surface area (Å²) in [5.41, 5.74) is 2.24. The van der Waals surface area contributed by atoms with E-state index in [1.807, 2.05) is 6.92 Å². The van der Waals surface area contributed by atoms with Crippen LogP contribution in [-0.2, 0) is 17.2 Å². The lowest BCUT2D eigenvalue weighted by Gasteiger charge is -2.31. The van der Waals surface area contributed by atoms with Crippen LogP contribution in [0.25, 0.3) is 5.69 Å². The Balaban J connectivity index is 1.26. The highest BCUT2D eigenvalue weighted by atomic mass is 19.3. The van der Waals surface area contributed by atoms with Crippen molar-refractivity contribution in [2.24, 2.45) is 0 Å². The number of carbonyl (C=O) groups is 1. The van der Waals surface area contributed by atoms with Gasteiger partial charge in [-0.1, -0.05) is 24.3 Å². The second-order valence-electron chi connectivity index (χ2n) is 9.07. The molecule has 0 bridgehead atoms. The maximum absolute atomic E-state index is 13.5. The number of benzene rings is 1. The largest absolute Gasteiger partial charge is 0.368 e. The van der Waals surface area contributed by atoms with Gasteiger partial charge in [-0.05, 0) is 37.5 Å². The highest BCUT2D eigenvalue weighted by Gasteiger charge is 2.33. The minimum atomic E-state index is -2.87. The van der Waals surface area contributed by atoms with Crippen LogP contribution in [0, 0.1) is 6.92 Å². The van der Waals surface area contributed by atoms with E-state index >= 15 is 0 Å². The fourth-order valence-electron chi connectivity index (χ4n) is 4.70. The van der Waals surface area contributed by atoms with Crippen molar-refractivity contribution in [3.05, 3.63) is 81.8 Å². The van der Waals surface area contributed by atoms with Gasteiger partial charge in [-0.15, -0.1) is 0 Å². The van der Waals surface area contributed by atoms with Gasteiger partial charge in [-0.3, -0.25) is 9.59 Å². The first-order chi connectivity index (χ1) is 16.2. The van der Waals surface area contributed by atoms with Crippen molar-refractivity contribution in [2.45, 2.75) is 51.4 Å². The molecule has 34 heavy (non-hydrogen) atoms. The van der Waals surface area contributed by atoms with Crippen LogP contribution in [0.15, 0.2) is 53.7 Å². The zero-order valence-corrected chi connectivity index (χ0v) is 19.1. The summed E-state index contributed by atoms with van der Waals surface area (Å²) >= 11 is 0. The molecule has 2 aliphatic heterocycles. The third-order valence-corrected chi connectivity index (χ3v) is 6.56. The van der Waals surface area contributed by atoms with E-state index in [-0.39, 0.29) is 29.2 Å². The number of hydrogen-bond donors (Lipinski definition) is 0. The zero-order chi connectivity index (χ0) is 24.0. The number of carbonyl (C=O) groups excluding carboxylic acids is 1. The van der Waals surface area contributed by atoms with Gasteiger partial charge in [0.1, 0.15) is 11.4 Å². The summed E-state index contributed by atoms with van der Waals surface area (Å²) in [5, 5.41) is 0. The van der Waals surface area contributed by atoms with Crippen molar-refractivity contribution in [1.29, 1.82) is 0 Å². The number of aromatic nitrogens is 3. The van der Waals surface area contributed by atoms with Crippen LogP contribution in [0.3, 0.4) is 0 Å². The number of amides is 1. The Labute approximate surface area is 195 Å². The summed E-state index contributed by atoms with van der Waals surface area (Å²) in [7, 11) is 0. The molecule has 9 heteroatoms. The Hall–Kier alpha value is -3.33. The summed E-state index contributed by atoms with van der Waals surface area (Å²) in [6.45, 7) is 3.98. The fourth-order valence-corrected chi connectivity index (χ4v) is 4.70. The predicted octanol–water partition coefficient (Wildman–Crippen LogP) is 3.83. The van der Waals surface area contributed by atoms with Crippen molar-refractivity contribution in [3.63, 3.8) is 0 Å². The molecule has 0 saturated carbocycles. The molecular formula is C25H26F2N4O3. The molecule has 0 spiro atoms. The Morgan fingerprint density at radius 1 is 1.09 bits per heavy atom. The third-order valence-electron chi connectivity index (χ3n) is 6.56. The normalized spacial score (nSPS) is 20.6.